The highest BCUT2D eigenvalue weighted by Crippen LogP contribution is 2.22. The normalized spacial score (nSPS) is 10.3. The molecule has 1 aromatic heterocycles. The molecular formula is C11H8N2O5S. The zero-order valence-electron chi connectivity index (χ0n) is 9.48. The zero-order chi connectivity index (χ0) is 14.0. The van der Waals surface area contributed by atoms with Gasteiger partial charge in [-0.1, -0.05) is 11.3 Å². The largest absolute Gasteiger partial charge is 0.480 e. The highest BCUT2D eigenvalue weighted by Gasteiger charge is 2.13. The Balaban J connectivity index is 2.44. The summed E-state index contributed by atoms with van der Waals surface area (Å²) >= 11 is 0.889. The molecule has 1 N–H and O–H groups in total. The number of aliphatic carboxylic acids is 1. The Hall–Kier alpha value is -2.48. The number of hydrogen-bond acceptors (Lipinski definition) is 5. The molecule has 8 heteroatoms. The fourth-order valence-electron chi connectivity index (χ4n) is 1.59. The summed E-state index contributed by atoms with van der Waals surface area (Å²) in [7, 11) is 0. The van der Waals surface area contributed by atoms with E-state index < -0.39 is 17.4 Å². The smallest absolute Gasteiger partial charge is 0.323 e. The number of carboxylic acid groups (broad SMARTS) is 1. The molecule has 19 heavy (non-hydrogen) atoms. The van der Waals surface area contributed by atoms with Gasteiger partial charge in [-0.2, -0.15) is 0 Å². The predicted octanol–water partition coefficient (Wildman–Crippen LogP) is 1.57. The van der Waals surface area contributed by atoms with Gasteiger partial charge in [-0.3, -0.25) is 24.3 Å². The van der Waals surface area contributed by atoms with E-state index in [4.69, 9.17) is 5.11 Å². The molecule has 0 saturated heterocycles. The first-order chi connectivity index (χ1) is 8.99. The lowest BCUT2D eigenvalue weighted by molar-refractivity contribution is -0.384. The van der Waals surface area contributed by atoms with Gasteiger partial charge < -0.3 is 5.11 Å². The van der Waals surface area contributed by atoms with E-state index >= 15 is 0 Å². The first kappa shape index (κ1) is 13.0. The highest BCUT2D eigenvalue weighted by molar-refractivity contribution is 7.07. The van der Waals surface area contributed by atoms with Crippen molar-refractivity contribution in [1.29, 1.82) is 0 Å². The molecule has 2 rings (SSSR count). The van der Waals surface area contributed by atoms with Gasteiger partial charge in [0.25, 0.3) is 5.69 Å². The molecule has 0 aliphatic rings. The van der Waals surface area contributed by atoms with Gasteiger partial charge in [-0.15, -0.1) is 0 Å². The second-order valence-corrected chi connectivity index (χ2v) is 4.49. The third-order valence-electron chi connectivity index (χ3n) is 2.45. The summed E-state index contributed by atoms with van der Waals surface area (Å²) in [6.45, 7) is -0.436. The first-order valence-electron chi connectivity index (χ1n) is 5.14. The molecule has 1 aromatic carbocycles. The predicted molar refractivity (Wildman–Crippen MR) is 68.3 cm³/mol. The van der Waals surface area contributed by atoms with Crippen molar-refractivity contribution in [1.82, 2.24) is 4.57 Å². The first-order valence-corrected chi connectivity index (χ1v) is 6.02. The number of hydrogen-bond donors (Lipinski definition) is 1. The number of aromatic nitrogens is 1. The Morgan fingerprint density at radius 1 is 1.37 bits per heavy atom. The molecule has 1 heterocycles. The van der Waals surface area contributed by atoms with Crippen molar-refractivity contribution in [3.63, 3.8) is 0 Å². The average Bonchev–Trinajstić information content (AvgIpc) is 2.71. The summed E-state index contributed by atoms with van der Waals surface area (Å²) in [5, 5.41) is 20.8. The molecule has 0 radical (unpaired) electrons. The van der Waals surface area contributed by atoms with Crippen molar-refractivity contribution in [3.05, 3.63) is 49.4 Å². The topological polar surface area (TPSA) is 102 Å². The van der Waals surface area contributed by atoms with Crippen LogP contribution in [0, 0.1) is 10.1 Å². The van der Waals surface area contributed by atoms with E-state index in [2.05, 4.69) is 0 Å². The van der Waals surface area contributed by atoms with Crippen LogP contribution in [0.3, 0.4) is 0 Å². The number of nitro benzene ring substituents is 1. The number of benzene rings is 1. The molecule has 0 bridgehead atoms. The van der Waals surface area contributed by atoms with Crippen LogP contribution in [0.5, 0.6) is 0 Å². The van der Waals surface area contributed by atoms with E-state index in [1.807, 2.05) is 0 Å². The SMILES string of the molecule is O=C(O)Cn1c(-c2ccc([N+](=O)[O-])cc2)csc1=O. The van der Waals surface area contributed by atoms with Gasteiger partial charge in [-0.05, 0) is 17.7 Å². The third-order valence-corrected chi connectivity index (χ3v) is 3.21. The molecule has 0 unspecified atom stereocenters. The van der Waals surface area contributed by atoms with Crippen molar-refractivity contribution >= 4 is 23.0 Å². The number of carbonyl (C=O) groups is 1. The monoisotopic (exact) mass is 280 g/mol. The Kier molecular flexibility index (Phi) is 3.43. The van der Waals surface area contributed by atoms with E-state index in [1.165, 1.54) is 29.6 Å². The van der Waals surface area contributed by atoms with E-state index in [0.717, 1.165) is 15.9 Å². The summed E-state index contributed by atoms with van der Waals surface area (Å²) in [4.78, 5) is 31.9. The molecule has 0 fully saturated rings. The van der Waals surface area contributed by atoms with E-state index in [1.54, 1.807) is 0 Å². The van der Waals surface area contributed by atoms with Gasteiger partial charge in [0.15, 0.2) is 0 Å². The van der Waals surface area contributed by atoms with Crippen molar-refractivity contribution in [2.75, 3.05) is 0 Å². The lowest BCUT2D eigenvalue weighted by Gasteiger charge is -2.04. The molecule has 7 nitrogen and oxygen atoms in total. The van der Waals surface area contributed by atoms with Gasteiger partial charge >= 0.3 is 10.8 Å². The van der Waals surface area contributed by atoms with Crippen molar-refractivity contribution in [3.8, 4) is 11.3 Å². The fraction of sp³-hybridized carbons (Fsp3) is 0.0909. The second kappa shape index (κ2) is 5.02. The van der Waals surface area contributed by atoms with E-state index in [0.29, 0.717) is 11.3 Å². The number of carboxylic acids is 1. The maximum absolute atomic E-state index is 11.5. The summed E-state index contributed by atoms with van der Waals surface area (Å²) < 4.78 is 1.12. The number of non-ortho nitro benzene ring substituents is 1. The molecule has 0 spiro atoms. The molecule has 98 valence electrons. The van der Waals surface area contributed by atoms with Gasteiger partial charge in [0.1, 0.15) is 6.54 Å². The molecule has 0 saturated carbocycles. The lowest BCUT2D eigenvalue weighted by atomic mass is 10.1. The quantitative estimate of drug-likeness (QED) is 0.676. The summed E-state index contributed by atoms with van der Waals surface area (Å²) in [5.74, 6) is -1.12. The number of rotatable bonds is 4. The summed E-state index contributed by atoms with van der Waals surface area (Å²) in [6.07, 6.45) is 0. The van der Waals surface area contributed by atoms with Crippen LogP contribution in [-0.4, -0.2) is 20.6 Å². The lowest BCUT2D eigenvalue weighted by Crippen LogP contribution is -2.19. The minimum Gasteiger partial charge on any atom is -0.480 e. The number of thiazole rings is 1. The van der Waals surface area contributed by atoms with Gasteiger partial charge in [0.2, 0.25) is 0 Å². The highest BCUT2D eigenvalue weighted by atomic mass is 32.1. The number of nitro groups is 1. The van der Waals surface area contributed by atoms with Crippen LogP contribution in [0.2, 0.25) is 0 Å². The van der Waals surface area contributed by atoms with Gasteiger partial charge in [0.05, 0.1) is 10.6 Å². The molecule has 2 aromatic rings. The summed E-state index contributed by atoms with van der Waals surface area (Å²) in [5.41, 5.74) is 0.934. The van der Waals surface area contributed by atoms with Crippen LogP contribution >= 0.6 is 11.3 Å². The Morgan fingerprint density at radius 3 is 2.53 bits per heavy atom. The van der Waals surface area contributed by atoms with Gasteiger partial charge in [0, 0.05) is 17.5 Å². The molecule has 0 atom stereocenters. The Labute approximate surface area is 110 Å². The van der Waals surface area contributed by atoms with Crippen LogP contribution in [0.15, 0.2) is 34.4 Å². The standard InChI is InChI=1S/C11H8N2O5S/c14-10(15)5-12-9(6-19-11(12)16)7-1-3-8(4-2-7)13(17)18/h1-4,6H,5H2,(H,14,15). The molecule has 0 amide bonds. The van der Waals surface area contributed by atoms with Gasteiger partial charge in [-0.25, -0.2) is 0 Å². The minimum absolute atomic E-state index is 0.0638. The Morgan fingerprint density at radius 2 is 2.00 bits per heavy atom. The van der Waals surface area contributed by atoms with Crippen LogP contribution in [0.25, 0.3) is 11.3 Å². The zero-order valence-corrected chi connectivity index (χ0v) is 10.3. The third kappa shape index (κ3) is 2.68. The second-order valence-electron chi connectivity index (χ2n) is 3.67. The van der Waals surface area contributed by atoms with E-state index in [-0.39, 0.29) is 10.6 Å². The molecular weight excluding hydrogens is 272 g/mol. The van der Waals surface area contributed by atoms with Crippen molar-refractivity contribution in [2.45, 2.75) is 6.54 Å². The maximum Gasteiger partial charge on any atom is 0.323 e. The van der Waals surface area contributed by atoms with Crippen LogP contribution < -0.4 is 4.87 Å². The average molecular weight is 280 g/mol. The van der Waals surface area contributed by atoms with Crippen LogP contribution in [0.4, 0.5) is 5.69 Å². The maximum atomic E-state index is 11.5. The Bertz CT molecular complexity index is 686. The van der Waals surface area contributed by atoms with E-state index in [9.17, 15) is 19.7 Å². The summed E-state index contributed by atoms with van der Waals surface area (Å²) in [6, 6.07) is 5.58. The van der Waals surface area contributed by atoms with Crippen LogP contribution in [-0.2, 0) is 11.3 Å². The van der Waals surface area contributed by atoms with Crippen molar-refractivity contribution in [2.24, 2.45) is 0 Å². The molecule has 0 aliphatic carbocycles. The molecule has 0 aliphatic heterocycles. The van der Waals surface area contributed by atoms with Crippen LogP contribution in [0.1, 0.15) is 0 Å². The number of nitrogens with zero attached hydrogens (tertiary/aromatic N) is 2. The minimum atomic E-state index is -1.12. The fourth-order valence-corrected chi connectivity index (χ4v) is 2.36. The van der Waals surface area contributed by atoms with Crippen molar-refractivity contribution < 1.29 is 14.8 Å².